The van der Waals surface area contributed by atoms with E-state index in [1.165, 1.54) is 12.1 Å². The Kier molecular flexibility index (Phi) is 5.36. The predicted molar refractivity (Wildman–Crippen MR) is 64.1 cm³/mol. The molecule has 0 bridgehead atoms. The van der Waals surface area contributed by atoms with Gasteiger partial charge in [-0.05, 0) is 30.0 Å². The Morgan fingerprint density at radius 2 is 1.74 bits per heavy atom. The highest BCUT2D eigenvalue weighted by molar-refractivity contribution is 5.80. The lowest BCUT2D eigenvalue weighted by Crippen LogP contribution is -2.34. The molecule has 0 saturated heterocycles. The maximum atomic E-state index is 10.9. The smallest absolute Gasteiger partial charge is 0.119 e. The second kappa shape index (κ2) is 6.78. The lowest BCUT2D eigenvalue weighted by Gasteiger charge is -2.19. The van der Waals surface area contributed by atoms with E-state index in [2.05, 4.69) is 0 Å². The number of carbonyl (C=O) groups excluding carboxylic acids is 2. The van der Waals surface area contributed by atoms with Crippen molar-refractivity contribution in [3.63, 3.8) is 0 Å². The molecule has 0 fully saturated rings. The Morgan fingerprint density at radius 3 is 2.16 bits per heavy atom. The summed E-state index contributed by atoms with van der Waals surface area (Å²) in [6.07, 6.45) is -0.603. The Labute approximate surface area is 111 Å². The van der Waals surface area contributed by atoms with Crippen molar-refractivity contribution in [2.75, 3.05) is 6.61 Å². The molecule has 1 aromatic carbocycles. The van der Waals surface area contributed by atoms with Crippen LogP contribution in [0.3, 0.4) is 0 Å². The number of aliphatic carboxylic acids is 2. The van der Waals surface area contributed by atoms with Crippen LogP contribution < -0.4 is 14.9 Å². The Hall–Kier alpha value is -2.04. The van der Waals surface area contributed by atoms with Gasteiger partial charge in [0.15, 0.2) is 0 Å². The van der Waals surface area contributed by atoms with Crippen molar-refractivity contribution in [2.45, 2.75) is 26.2 Å². The Morgan fingerprint density at radius 1 is 1.16 bits per heavy atom. The maximum Gasteiger partial charge on any atom is 0.119 e. The fourth-order valence-corrected chi connectivity index (χ4v) is 1.56. The van der Waals surface area contributed by atoms with E-state index in [9.17, 15) is 19.8 Å². The minimum absolute atomic E-state index is 0.362. The molecule has 0 radical (unpaired) electrons. The van der Waals surface area contributed by atoms with Gasteiger partial charge < -0.3 is 24.5 Å². The largest absolute Gasteiger partial charge is 0.550 e. The van der Waals surface area contributed by atoms with Gasteiger partial charge in [-0.15, -0.1) is 0 Å². The van der Waals surface area contributed by atoms with Crippen molar-refractivity contribution in [3.8, 4) is 5.75 Å². The molecule has 0 spiro atoms. The molecular weight excluding hydrogens is 248 g/mol. The molecule has 5 heteroatoms. The van der Waals surface area contributed by atoms with Crippen LogP contribution in [0.5, 0.6) is 5.75 Å². The lowest BCUT2D eigenvalue weighted by molar-refractivity contribution is -0.317. The number of carboxylic acids is 2. The van der Waals surface area contributed by atoms with Crippen LogP contribution in [0.15, 0.2) is 24.3 Å². The van der Waals surface area contributed by atoms with Crippen LogP contribution in [0.4, 0.5) is 0 Å². The normalized spacial score (nSPS) is 12.2. The minimum Gasteiger partial charge on any atom is -0.550 e. The molecule has 0 N–H and O–H groups in total. The molecule has 0 heterocycles. The molecule has 104 valence electrons. The average Bonchev–Trinajstić information content (AvgIpc) is 2.33. The average molecular weight is 264 g/mol. The number of ether oxygens (including phenoxy) is 1. The SMILES string of the molecule is CC(C)COc1ccc([C@H](CC(=O)[O-])C(=O)[O-])cc1. The minimum atomic E-state index is -1.43. The Balaban J connectivity index is 2.77. The van der Waals surface area contributed by atoms with Crippen LogP contribution in [0.2, 0.25) is 0 Å². The second-order valence-corrected chi connectivity index (χ2v) is 4.72. The third-order valence-electron chi connectivity index (χ3n) is 2.52. The summed E-state index contributed by atoms with van der Waals surface area (Å²) >= 11 is 0. The molecule has 0 aliphatic rings. The van der Waals surface area contributed by atoms with Gasteiger partial charge in [0.05, 0.1) is 6.61 Å². The van der Waals surface area contributed by atoms with Crippen LogP contribution in [0, 0.1) is 5.92 Å². The van der Waals surface area contributed by atoms with Crippen molar-refractivity contribution >= 4 is 11.9 Å². The van der Waals surface area contributed by atoms with Crippen LogP contribution in [-0.4, -0.2) is 18.5 Å². The van der Waals surface area contributed by atoms with Crippen molar-refractivity contribution in [2.24, 2.45) is 5.92 Å². The zero-order valence-electron chi connectivity index (χ0n) is 10.9. The van der Waals surface area contributed by atoms with E-state index in [0.29, 0.717) is 23.8 Å². The van der Waals surface area contributed by atoms with E-state index < -0.39 is 24.3 Å². The first-order valence-electron chi connectivity index (χ1n) is 6.03. The molecule has 0 amide bonds. The van der Waals surface area contributed by atoms with Gasteiger partial charge in [-0.2, -0.15) is 0 Å². The predicted octanol–water partition coefficient (Wildman–Crippen LogP) is -0.305. The fraction of sp³-hybridized carbons (Fsp3) is 0.429. The van der Waals surface area contributed by atoms with E-state index in [4.69, 9.17) is 4.74 Å². The number of rotatable bonds is 7. The van der Waals surface area contributed by atoms with E-state index in [-0.39, 0.29) is 0 Å². The van der Waals surface area contributed by atoms with Gasteiger partial charge in [-0.25, -0.2) is 0 Å². The van der Waals surface area contributed by atoms with Gasteiger partial charge in [-0.3, -0.25) is 0 Å². The van der Waals surface area contributed by atoms with Crippen molar-refractivity contribution < 1.29 is 24.5 Å². The molecular formula is C14H16O5-2. The first-order valence-corrected chi connectivity index (χ1v) is 6.03. The van der Waals surface area contributed by atoms with Crippen LogP contribution >= 0.6 is 0 Å². The van der Waals surface area contributed by atoms with E-state index in [0.717, 1.165) is 0 Å². The third-order valence-corrected chi connectivity index (χ3v) is 2.52. The Bertz CT molecular complexity index is 436. The lowest BCUT2D eigenvalue weighted by atomic mass is 9.96. The summed E-state index contributed by atoms with van der Waals surface area (Å²) in [5, 5.41) is 21.4. The molecule has 0 aliphatic heterocycles. The van der Waals surface area contributed by atoms with E-state index >= 15 is 0 Å². The van der Waals surface area contributed by atoms with Crippen molar-refractivity contribution in [3.05, 3.63) is 29.8 Å². The summed E-state index contributed by atoms with van der Waals surface area (Å²) in [7, 11) is 0. The van der Waals surface area contributed by atoms with Crippen LogP contribution in [0.25, 0.3) is 0 Å². The summed E-state index contributed by atoms with van der Waals surface area (Å²) in [6, 6.07) is 6.28. The van der Waals surface area contributed by atoms with Gasteiger partial charge in [0.25, 0.3) is 0 Å². The third kappa shape index (κ3) is 4.99. The molecule has 0 aliphatic carbocycles. The van der Waals surface area contributed by atoms with Gasteiger partial charge in [0.1, 0.15) is 5.75 Å². The number of hydrogen-bond acceptors (Lipinski definition) is 5. The highest BCUT2D eigenvalue weighted by atomic mass is 16.5. The van der Waals surface area contributed by atoms with Gasteiger partial charge in [0, 0.05) is 17.9 Å². The summed E-state index contributed by atoms with van der Waals surface area (Å²) in [5.41, 5.74) is 0.362. The summed E-state index contributed by atoms with van der Waals surface area (Å²) < 4.78 is 5.45. The van der Waals surface area contributed by atoms with Crippen molar-refractivity contribution in [1.82, 2.24) is 0 Å². The number of carbonyl (C=O) groups is 2. The quantitative estimate of drug-likeness (QED) is 0.674. The molecule has 19 heavy (non-hydrogen) atoms. The first-order chi connectivity index (χ1) is 8.90. The molecule has 0 saturated carbocycles. The zero-order valence-corrected chi connectivity index (χ0v) is 10.9. The molecule has 0 unspecified atom stereocenters. The highest BCUT2D eigenvalue weighted by Crippen LogP contribution is 2.22. The topological polar surface area (TPSA) is 89.5 Å². The zero-order chi connectivity index (χ0) is 14.4. The first kappa shape index (κ1) is 15.0. The standard InChI is InChI=1S/C14H18O5/c1-9(2)8-19-11-5-3-10(4-6-11)12(14(17)18)7-13(15)16/h3-6,9,12H,7-8H2,1-2H3,(H,15,16)(H,17,18)/p-2/t12-/m0/s1. The second-order valence-electron chi connectivity index (χ2n) is 4.72. The van der Waals surface area contributed by atoms with Crippen LogP contribution in [-0.2, 0) is 9.59 Å². The molecule has 1 aromatic rings. The molecule has 5 nitrogen and oxygen atoms in total. The number of hydrogen-bond donors (Lipinski definition) is 0. The van der Waals surface area contributed by atoms with E-state index in [1.54, 1.807) is 12.1 Å². The summed E-state index contributed by atoms with van der Waals surface area (Å²) in [4.78, 5) is 21.4. The summed E-state index contributed by atoms with van der Waals surface area (Å²) in [5.74, 6) is -3.06. The fourth-order valence-electron chi connectivity index (χ4n) is 1.56. The summed E-state index contributed by atoms with van der Waals surface area (Å²) in [6.45, 7) is 4.59. The van der Waals surface area contributed by atoms with Gasteiger partial charge in [-0.1, -0.05) is 26.0 Å². The highest BCUT2D eigenvalue weighted by Gasteiger charge is 2.13. The molecule has 1 rings (SSSR count). The maximum absolute atomic E-state index is 10.9. The van der Waals surface area contributed by atoms with Crippen LogP contribution in [0.1, 0.15) is 31.7 Å². The van der Waals surface area contributed by atoms with E-state index in [1.807, 2.05) is 13.8 Å². The monoisotopic (exact) mass is 264 g/mol. The van der Waals surface area contributed by atoms with Gasteiger partial charge >= 0.3 is 0 Å². The molecule has 1 atom stereocenters. The number of carboxylic acid groups (broad SMARTS) is 2. The van der Waals surface area contributed by atoms with Gasteiger partial charge in [0.2, 0.25) is 0 Å². The van der Waals surface area contributed by atoms with Crippen molar-refractivity contribution in [1.29, 1.82) is 0 Å². The molecule has 0 aromatic heterocycles. The number of benzene rings is 1.